The van der Waals surface area contributed by atoms with Crippen LogP contribution in [0.15, 0.2) is 11.4 Å². The Morgan fingerprint density at radius 3 is 1.76 bits per heavy atom. The highest BCUT2D eigenvalue weighted by Gasteiger charge is 2.35. The van der Waals surface area contributed by atoms with Crippen molar-refractivity contribution in [3.05, 3.63) is 11.4 Å². The molecule has 4 heteroatoms. The molecular weight excluding hydrogens is 248 g/mol. The molecule has 0 aromatic rings. The highest BCUT2D eigenvalue weighted by molar-refractivity contribution is 7.83. The molecule has 0 aromatic heterocycles. The maximum absolute atomic E-state index is 5.60. The lowest BCUT2D eigenvalue weighted by Gasteiger charge is -2.34. The van der Waals surface area contributed by atoms with Crippen LogP contribution in [0.2, 0.25) is 0 Å². The number of nitrogens with zero attached hydrogens (tertiary/aromatic N) is 2. The Morgan fingerprint density at radius 2 is 1.35 bits per heavy atom. The first kappa shape index (κ1) is 13.0. The highest BCUT2D eigenvalue weighted by atomic mass is 32.1. The highest BCUT2D eigenvalue weighted by Crippen LogP contribution is 2.37. The lowest BCUT2D eigenvalue weighted by Crippen LogP contribution is -2.34. The van der Waals surface area contributed by atoms with E-state index in [1.165, 1.54) is 5.82 Å². The van der Waals surface area contributed by atoms with Crippen molar-refractivity contribution in [3.8, 4) is 0 Å². The van der Waals surface area contributed by atoms with Crippen molar-refractivity contribution >= 4 is 34.2 Å². The molecule has 0 atom stereocenters. The van der Waals surface area contributed by atoms with Gasteiger partial charge in [0.1, 0.15) is 5.82 Å². The Labute approximate surface area is 115 Å². The Morgan fingerprint density at radius 1 is 0.941 bits per heavy atom. The monoisotopic (exact) mass is 268 g/mol. The smallest absolute Gasteiger partial charge is 0.113 e. The van der Waals surface area contributed by atoms with Gasteiger partial charge >= 0.3 is 0 Å². The molecule has 0 radical (unpaired) electrons. The molecule has 0 spiro atoms. The van der Waals surface area contributed by atoms with Gasteiger partial charge in [-0.2, -0.15) is 0 Å². The largest absolute Gasteiger partial charge is 0.359 e. The number of allylic oxidation sites excluding steroid dienone is 1. The normalized spacial score (nSPS) is 24.9. The second kappa shape index (κ2) is 4.32. The van der Waals surface area contributed by atoms with Crippen LogP contribution in [-0.2, 0) is 0 Å². The third kappa shape index (κ3) is 2.38. The van der Waals surface area contributed by atoms with Gasteiger partial charge in [-0.05, 0) is 18.3 Å². The second-order valence-electron chi connectivity index (χ2n) is 5.91. The number of hydrogen-bond acceptors (Lipinski definition) is 4. The van der Waals surface area contributed by atoms with E-state index in [9.17, 15) is 0 Å². The minimum Gasteiger partial charge on any atom is -0.359 e. The van der Waals surface area contributed by atoms with E-state index in [4.69, 9.17) is 24.4 Å². The van der Waals surface area contributed by atoms with Crippen LogP contribution in [0.3, 0.4) is 0 Å². The Balaban J connectivity index is 2.42. The van der Waals surface area contributed by atoms with E-state index in [2.05, 4.69) is 37.7 Å². The predicted molar refractivity (Wildman–Crippen MR) is 80.5 cm³/mol. The number of thiocarbonyl (C=S) groups is 2. The first-order valence-corrected chi connectivity index (χ1v) is 6.86. The fraction of sp³-hybridized carbons (Fsp3) is 0.692. The van der Waals surface area contributed by atoms with Crippen LogP contribution < -0.4 is 0 Å². The van der Waals surface area contributed by atoms with Crippen LogP contribution in [-0.4, -0.2) is 46.7 Å². The number of rotatable bonds is 0. The van der Waals surface area contributed by atoms with Crippen LogP contribution in [0.4, 0.5) is 0 Å². The van der Waals surface area contributed by atoms with Crippen LogP contribution in [0.5, 0.6) is 0 Å². The van der Waals surface area contributed by atoms with E-state index in [-0.39, 0.29) is 5.41 Å². The van der Waals surface area contributed by atoms with Crippen molar-refractivity contribution in [2.75, 3.05) is 27.2 Å². The van der Waals surface area contributed by atoms with E-state index in [0.717, 1.165) is 41.2 Å². The molecule has 1 heterocycles. The summed E-state index contributed by atoms with van der Waals surface area (Å²) in [7, 11) is 4.24. The van der Waals surface area contributed by atoms with Gasteiger partial charge in [-0.25, -0.2) is 0 Å². The van der Waals surface area contributed by atoms with Gasteiger partial charge in [0.2, 0.25) is 0 Å². The summed E-state index contributed by atoms with van der Waals surface area (Å²) in [5, 5.41) is 0. The van der Waals surface area contributed by atoms with Gasteiger partial charge in [0, 0.05) is 42.5 Å². The van der Waals surface area contributed by atoms with E-state index >= 15 is 0 Å². The van der Waals surface area contributed by atoms with Crippen molar-refractivity contribution in [3.63, 3.8) is 0 Å². The molecule has 2 nitrogen and oxygen atoms in total. The molecule has 94 valence electrons. The molecule has 0 bridgehead atoms. The maximum atomic E-state index is 5.60. The van der Waals surface area contributed by atoms with Gasteiger partial charge in [-0.15, -0.1) is 0 Å². The quantitative estimate of drug-likeness (QED) is 0.492. The predicted octanol–water partition coefficient (Wildman–Crippen LogP) is 2.64. The molecule has 2 fully saturated rings. The second-order valence-corrected chi connectivity index (χ2v) is 6.89. The molecule has 0 N–H and O–H groups in total. The van der Waals surface area contributed by atoms with Crippen LogP contribution in [0.1, 0.15) is 26.7 Å². The van der Waals surface area contributed by atoms with Gasteiger partial charge in [-0.1, -0.05) is 38.3 Å². The lowest BCUT2D eigenvalue weighted by molar-refractivity contribution is 0.391. The Bertz CT molecular complexity index is 376. The molecular formula is C13H20N2S2. The van der Waals surface area contributed by atoms with Gasteiger partial charge < -0.3 is 9.80 Å². The molecule has 1 saturated carbocycles. The molecule has 1 aliphatic carbocycles. The van der Waals surface area contributed by atoms with E-state index in [1.807, 2.05) is 0 Å². The van der Waals surface area contributed by atoms with Crippen molar-refractivity contribution in [2.24, 2.45) is 5.41 Å². The van der Waals surface area contributed by atoms with Crippen LogP contribution in [0, 0.1) is 5.41 Å². The summed E-state index contributed by atoms with van der Waals surface area (Å²) in [6.07, 6.45) is 1.95. The zero-order valence-corrected chi connectivity index (χ0v) is 12.7. The first-order chi connectivity index (χ1) is 7.82. The molecule has 0 amide bonds. The van der Waals surface area contributed by atoms with Crippen molar-refractivity contribution in [1.29, 1.82) is 0 Å². The van der Waals surface area contributed by atoms with Gasteiger partial charge in [0.25, 0.3) is 0 Å². The van der Waals surface area contributed by atoms with Gasteiger partial charge in [0.05, 0.1) is 0 Å². The molecule has 1 saturated heterocycles. The van der Waals surface area contributed by atoms with Crippen molar-refractivity contribution < 1.29 is 0 Å². The summed E-state index contributed by atoms with van der Waals surface area (Å²) < 4.78 is 0. The SMILES string of the molecule is CN1CCN(C)C1=C1C(=S)CC(C)(C)CC1=S. The maximum Gasteiger partial charge on any atom is 0.113 e. The standard InChI is InChI=1S/C13H20N2S2/c1-13(2)7-9(16)11(10(17)8-13)12-14(3)5-6-15(12)4/h5-8H2,1-4H3. The molecule has 0 unspecified atom stereocenters. The molecule has 0 aromatic carbocycles. The molecule has 2 aliphatic rings. The van der Waals surface area contributed by atoms with Crippen molar-refractivity contribution in [1.82, 2.24) is 9.80 Å². The zero-order chi connectivity index (χ0) is 12.8. The van der Waals surface area contributed by atoms with Crippen molar-refractivity contribution in [2.45, 2.75) is 26.7 Å². The molecule has 1 aliphatic heterocycles. The van der Waals surface area contributed by atoms with Gasteiger partial charge in [0.15, 0.2) is 0 Å². The minimum atomic E-state index is 0.230. The number of likely N-dealkylation sites (N-methyl/N-ethyl adjacent to an activating group) is 2. The van der Waals surface area contributed by atoms with E-state index in [0.29, 0.717) is 0 Å². The lowest BCUT2D eigenvalue weighted by atomic mass is 9.75. The number of hydrogen-bond donors (Lipinski definition) is 0. The summed E-state index contributed by atoms with van der Waals surface area (Å²) in [6.45, 7) is 6.61. The average molecular weight is 268 g/mol. The Hall–Kier alpha value is -0.480. The summed E-state index contributed by atoms with van der Waals surface area (Å²) in [5.41, 5.74) is 1.39. The summed E-state index contributed by atoms with van der Waals surface area (Å²) in [5.74, 6) is 1.23. The summed E-state index contributed by atoms with van der Waals surface area (Å²) in [4.78, 5) is 6.63. The minimum absolute atomic E-state index is 0.230. The van der Waals surface area contributed by atoms with Crippen LogP contribution >= 0.6 is 24.4 Å². The summed E-state index contributed by atoms with van der Waals surface area (Å²) >= 11 is 11.2. The fourth-order valence-corrected chi connectivity index (χ4v) is 3.97. The summed E-state index contributed by atoms with van der Waals surface area (Å²) in [6, 6.07) is 0. The topological polar surface area (TPSA) is 6.48 Å². The van der Waals surface area contributed by atoms with Gasteiger partial charge in [-0.3, -0.25) is 0 Å². The van der Waals surface area contributed by atoms with E-state index in [1.54, 1.807) is 0 Å². The third-order valence-electron chi connectivity index (χ3n) is 3.55. The fourth-order valence-electron chi connectivity index (χ4n) is 2.70. The zero-order valence-electron chi connectivity index (χ0n) is 11.0. The Kier molecular flexibility index (Phi) is 3.29. The first-order valence-electron chi connectivity index (χ1n) is 6.05. The molecule has 2 rings (SSSR count). The molecule has 17 heavy (non-hydrogen) atoms. The van der Waals surface area contributed by atoms with Crippen LogP contribution in [0.25, 0.3) is 0 Å². The van der Waals surface area contributed by atoms with E-state index < -0.39 is 0 Å². The average Bonchev–Trinajstić information content (AvgIpc) is 2.46. The third-order valence-corrected chi connectivity index (χ3v) is 4.25.